The standard InChI is InChI=1S/C15H21F2NO/c1-3-7-18-14(15(19-2)5-4-6-15)11-8-12(16)10-13(17)9-11/h8-10,14,18H,3-7H2,1-2H3. The fraction of sp³-hybridized carbons (Fsp3) is 0.600. The second-order valence-corrected chi connectivity index (χ2v) is 5.21. The fourth-order valence-electron chi connectivity index (χ4n) is 2.77. The van der Waals surface area contributed by atoms with E-state index in [1.807, 2.05) is 0 Å². The number of hydrogen-bond donors (Lipinski definition) is 1. The molecule has 0 amide bonds. The first-order valence-corrected chi connectivity index (χ1v) is 6.86. The molecule has 0 aliphatic heterocycles. The van der Waals surface area contributed by atoms with Gasteiger partial charge in [0, 0.05) is 13.2 Å². The molecule has 106 valence electrons. The van der Waals surface area contributed by atoms with Crippen LogP contribution < -0.4 is 5.32 Å². The summed E-state index contributed by atoms with van der Waals surface area (Å²) in [7, 11) is 1.68. The lowest BCUT2D eigenvalue weighted by atomic mass is 9.72. The number of methoxy groups -OCH3 is 1. The normalized spacial score (nSPS) is 18.9. The van der Waals surface area contributed by atoms with Crippen LogP contribution >= 0.6 is 0 Å². The number of halogens is 2. The second-order valence-electron chi connectivity index (χ2n) is 5.21. The highest BCUT2D eigenvalue weighted by atomic mass is 19.1. The Morgan fingerprint density at radius 1 is 1.26 bits per heavy atom. The van der Waals surface area contributed by atoms with E-state index in [9.17, 15) is 8.78 Å². The van der Waals surface area contributed by atoms with Gasteiger partial charge in [-0.15, -0.1) is 0 Å². The van der Waals surface area contributed by atoms with Gasteiger partial charge in [0.1, 0.15) is 11.6 Å². The molecule has 2 rings (SSSR count). The van der Waals surface area contributed by atoms with Crippen LogP contribution in [-0.2, 0) is 4.74 Å². The van der Waals surface area contributed by atoms with Gasteiger partial charge < -0.3 is 10.1 Å². The van der Waals surface area contributed by atoms with Crippen molar-refractivity contribution in [3.8, 4) is 0 Å². The van der Waals surface area contributed by atoms with Gasteiger partial charge in [-0.05, 0) is 49.9 Å². The van der Waals surface area contributed by atoms with Crippen LogP contribution in [0.15, 0.2) is 18.2 Å². The Bertz CT molecular complexity index is 406. The number of rotatable bonds is 6. The summed E-state index contributed by atoms with van der Waals surface area (Å²) >= 11 is 0. The lowest BCUT2D eigenvalue weighted by Gasteiger charge is -2.47. The maximum absolute atomic E-state index is 13.4. The minimum absolute atomic E-state index is 0.156. The van der Waals surface area contributed by atoms with Crippen LogP contribution in [0.4, 0.5) is 8.78 Å². The highest BCUT2D eigenvalue weighted by Crippen LogP contribution is 2.45. The van der Waals surface area contributed by atoms with Crippen molar-refractivity contribution in [3.05, 3.63) is 35.4 Å². The Morgan fingerprint density at radius 2 is 1.89 bits per heavy atom. The summed E-state index contributed by atoms with van der Waals surface area (Å²) in [5, 5.41) is 3.38. The van der Waals surface area contributed by atoms with Gasteiger partial charge in [0.15, 0.2) is 0 Å². The van der Waals surface area contributed by atoms with Crippen LogP contribution in [0, 0.1) is 11.6 Å². The first-order valence-electron chi connectivity index (χ1n) is 6.86. The molecule has 0 aromatic heterocycles. The molecule has 1 saturated carbocycles. The molecule has 1 aliphatic rings. The molecule has 1 aromatic rings. The maximum atomic E-state index is 13.4. The predicted molar refractivity (Wildman–Crippen MR) is 71.0 cm³/mol. The van der Waals surface area contributed by atoms with E-state index in [1.165, 1.54) is 12.1 Å². The summed E-state index contributed by atoms with van der Waals surface area (Å²) in [6, 6.07) is 3.54. The Labute approximate surface area is 113 Å². The van der Waals surface area contributed by atoms with E-state index >= 15 is 0 Å². The lowest BCUT2D eigenvalue weighted by Crippen LogP contribution is -2.50. The van der Waals surface area contributed by atoms with E-state index in [4.69, 9.17) is 4.74 Å². The van der Waals surface area contributed by atoms with Crippen molar-refractivity contribution in [1.82, 2.24) is 5.32 Å². The minimum atomic E-state index is -0.538. The molecule has 0 bridgehead atoms. The number of ether oxygens (including phenoxy) is 1. The molecule has 0 saturated heterocycles. The summed E-state index contributed by atoms with van der Waals surface area (Å²) in [5.41, 5.74) is 0.308. The average Bonchev–Trinajstić information content (AvgIpc) is 2.31. The summed E-state index contributed by atoms with van der Waals surface area (Å²) in [6.07, 6.45) is 3.90. The molecule has 0 spiro atoms. The van der Waals surface area contributed by atoms with Crippen molar-refractivity contribution in [2.24, 2.45) is 0 Å². The monoisotopic (exact) mass is 269 g/mol. The molecule has 0 radical (unpaired) electrons. The van der Waals surface area contributed by atoms with Crippen LogP contribution in [0.25, 0.3) is 0 Å². The summed E-state index contributed by atoms with van der Waals surface area (Å²) in [5.74, 6) is -1.08. The van der Waals surface area contributed by atoms with E-state index in [-0.39, 0.29) is 11.6 Å². The first-order chi connectivity index (χ1) is 9.11. The molecule has 19 heavy (non-hydrogen) atoms. The molecular weight excluding hydrogens is 248 g/mol. The van der Waals surface area contributed by atoms with Crippen molar-refractivity contribution in [2.45, 2.75) is 44.2 Å². The van der Waals surface area contributed by atoms with E-state index < -0.39 is 11.6 Å². The van der Waals surface area contributed by atoms with Crippen LogP contribution in [0.1, 0.15) is 44.2 Å². The van der Waals surface area contributed by atoms with E-state index in [1.54, 1.807) is 7.11 Å². The molecule has 1 aromatic carbocycles. The van der Waals surface area contributed by atoms with Crippen molar-refractivity contribution in [3.63, 3.8) is 0 Å². The van der Waals surface area contributed by atoms with Gasteiger partial charge in [-0.2, -0.15) is 0 Å². The zero-order valence-electron chi connectivity index (χ0n) is 11.5. The number of hydrogen-bond acceptors (Lipinski definition) is 2. The molecular formula is C15H21F2NO. The largest absolute Gasteiger partial charge is 0.376 e. The van der Waals surface area contributed by atoms with E-state index in [2.05, 4.69) is 12.2 Å². The predicted octanol–water partition coefficient (Wildman–Crippen LogP) is 3.57. The van der Waals surface area contributed by atoms with Crippen LogP contribution in [0.3, 0.4) is 0 Å². The van der Waals surface area contributed by atoms with Crippen molar-refractivity contribution in [2.75, 3.05) is 13.7 Å². The molecule has 1 fully saturated rings. The summed E-state index contributed by atoms with van der Waals surface area (Å²) in [6.45, 7) is 2.87. The average molecular weight is 269 g/mol. The van der Waals surface area contributed by atoms with Gasteiger partial charge >= 0.3 is 0 Å². The third-order valence-corrected chi connectivity index (χ3v) is 3.95. The number of benzene rings is 1. The van der Waals surface area contributed by atoms with Crippen LogP contribution in [-0.4, -0.2) is 19.3 Å². The van der Waals surface area contributed by atoms with Gasteiger partial charge in [0.25, 0.3) is 0 Å². The quantitative estimate of drug-likeness (QED) is 0.852. The third kappa shape index (κ3) is 2.95. The minimum Gasteiger partial charge on any atom is -0.376 e. The summed E-state index contributed by atoms with van der Waals surface area (Å²) < 4.78 is 32.5. The van der Waals surface area contributed by atoms with Crippen molar-refractivity contribution in [1.29, 1.82) is 0 Å². The highest BCUT2D eigenvalue weighted by molar-refractivity contribution is 5.25. The third-order valence-electron chi connectivity index (χ3n) is 3.95. The van der Waals surface area contributed by atoms with Crippen LogP contribution in [0.5, 0.6) is 0 Å². The SMILES string of the molecule is CCCNC(c1cc(F)cc(F)c1)C1(OC)CCC1. The zero-order valence-corrected chi connectivity index (χ0v) is 11.5. The topological polar surface area (TPSA) is 21.3 Å². The zero-order chi connectivity index (χ0) is 13.9. The van der Waals surface area contributed by atoms with Crippen molar-refractivity contribution < 1.29 is 13.5 Å². The highest BCUT2D eigenvalue weighted by Gasteiger charge is 2.45. The Hall–Kier alpha value is -1.00. The molecule has 0 heterocycles. The van der Waals surface area contributed by atoms with Gasteiger partial charge in [0.05, 0.1) is 11.6 Å². The smallest absolute Gasteiger partial charge is 0.126 e. The van der Waals surface area contributed by atoms with Crippen molar-refractivity contribution >= 4 is 0 Å². The fourth-order valence-corrected chi connectivity index (χ4v) is 2.77. The van der Waals surface area contributed by atoms with E-state index in [0.717, 1.165) is 38.3 Å². The van der Waals surface area contributed by atoms with Crippen LogP contribution in [0.2, 0.25) is 0 Å². The Kier molecular flexibility index (Phi) is 4.53. The molecule has 1 N–H and O–H groups in total. The first kappa shape index (κ1) is 14.4. The Morgan fingerprint density at radius 3 is 2.32 bits per heavy atom. The molecule has 1 unspecified atom stereocenters. The maximum Gasteiger partial charge on any atom is 0.126 e. The second kappa shape index (κ2) is 5.97. The molecule has 2 nitrogen and oxygen atoms in total. The lowest BCUT2D eigenvalue weighted by molar-refractivity contribution is -0.0998. The molecule has 1 aliphatic carbocycles. The van der Waals surface area contributed by atoms with Gasteiger partial charge in [0.2, 0.25) is 0 Å². The molecule has 1 atom stereocenters. The number of nitrogens with one attached hydrogen (secondary N) is 1. The van der Waals surface area contributed by atoms with Gasteiger partial charge in [-0.1, -0.05) is 6.92 Å². The van der Waals surface area contributed by atoms with E-state index in [0.29, 0.717) is 5.56 Å². The summed E-state index contributed by atoms with van der Waals surface area (Å²) in [4.78, 5) is 0. The van der Waals surface area contributed by atoms with Gasteiger partial charge in [-0.3, -0.25) is 0 Å². The Balaban J connectivity index is 2.30. The molecule has 4 heteroatoms. The van der Waals surface area contributed by atoms with Gasteiger partial charge in [-0.25, -0.2) is 8.78 Å².